The van der Waals surface area contributed by atoms with Crippen molar-refractivity contribution in [2.45, 2.75) is 59.0 Å². The van der Waals surface area contributed by atoms with Gasteiger partial charge in [0, 0.05) is 19.2 Å². The van der Waals surface area contributed by atoms with Gasteiger partial charge in [-0.2, -0.15) is 5.10 Å². The maximum atomic E-state index is 12.2. The molecule has 2 rings (SSSR count). The highest BCUT2D eigenvalue weighted by Crippen LogP contribution is 2.23. The maximum absolute atomic E-state index is 12.2. The normalized spacial score (nSPS) is 18.3. The molecule has 0 bridgehead atoms. The molecule has 1 saturated heterocycles. The first-order valence-corrected chi connectivity index (χ1v) is 8.74. The number of hydrogen-bond acceptors (Lipinski definition) is 5. The molecule has 6 heteroatoms. The largest absolute Gasteiger partial charge is 0.477 e. The van der Waals surface area contributed by atoms with Crippen molar-refractivity contribution in [3.63, 3.8) is 0 Å². The first-order chi connectivity index (χ1) is 11.3. The second-order valence-electron chi connectivity index (χ2n) is 7.44. The van der Waals surface area contributed by atoms with E-state index in [1.807, 2.05) is 44.7 Å². The molecule has 1 aliphatic rings. The number of likely N-dealkylation sites (tertiary alicyclic amines) is 1. The van der Waals surface area contributed by atoms with Gasteiger partial charge in [-0.25, -0.2) is 4.79 Å². The van der Waals surface area contributed by atoms with E-state index in [0.717, 1.165) is 44.5 Å². The van der Waals surface area contributed by atoms with E-state index in [2.05, 4.69) is 10.2 Å². The summed E-state index contributed by atoms with van der Waals surface area (Å²) in [6, 6.07) is 3.73. The Labute approximate surface area is 144 Å². The van der Waals surface area contributed by atoms with E-state index in [1.54, 1.807) is 0 Å². The Kier molecular flexibility index (Phi) is 6.40. The lowest BCUT2D eigenvalue weighted by Crippen LogP contribution is -2.42. The molecule has 2 heterocycles. The van der Waals surface area contributed by atoms with E-state index >= 15 is 0 Å². The Hall–Kier alpha value is -1.85. The van der Waals surface area contributed by atoms with Crippen LogP contribution in [0.4, 0.5) is 4.79 Å². The summed E-state index contributed by atoms with van der Waals surface area (Å²) >= 11 is 0. The minimum absolute atomic E-state index is 0.196. The van der Waals surface area contributed by atoms with Gasteiger partial charge in [0.05, 0.1) is 12.3 Å². The van der Waals surface area contributed by atoms with Gasteiger partial charge in [-0.05, 0) is 65.4 Å². The predicted molar refractivity (Wildman–Crippen MR) is 92.0 cm³/mol. The minimum atomic E-state index is -0.438. The van der Waals surface area contributed by atoms with Crippen molar-refractivity contribution in [3.8, 4) is 5.88 Å². The van der Waals surface area contributed by atoms with Crippen LogP contribution < -0.4 is 4.74 Å². The summed E-state index contributed by atoms with van der Waals surface area (Å²) in [6.07, 6.45) is 3.98. The molecule has 1 amide bonds. The number of carbonyl (C=O) groups is 1. The molecule has 0 aromatic carbocycles. The molecule has 0 spiro atoms. The Morgan fingerprint density at radius 2 is 2.12 bits per heavy atom. The fourth-order valence-corrected chi connectivity index (χ4v) is 2.81. The van der Waals surface area contributed by atoms with Crippen LogP contribution in [0, 0.1) is 12.8 Å². The number of aromatic nitrogens is 2. The van der Waals surface area contributed by atoms with Crippen LogP contribution in [-0.4, -0.2) is 46.5 Å². The molecular weight excluding hydrogens is 306 g/mol. The number of amides is 1. The zero-order valence-corrected chi connectivity index (χ0v) is 15.2. The molecule has 0 unspecified atom stereocenters. The van der Waals surface area contributed by atoms with Gasteiger partial charge in [-0.1, -0.05) is 0 Å². The molecule has 1 aromatic heterocycles. The van der Waals surface area contributed by atoms with E-state index in [-0.39, 0.29) is 6.09 Å². The van der Waals surface area contributed by atoms with Crippen molar-refractivity contribution in [3.05, 3.63) is 17.8 Å². The summed E-state index contributed by atoms with van der Waals surface area (Å²) in [7, 11) is 0. The highest BCUT2D eigenvalue weighted by atomic mass is 16.6. The molecular formula is C18H29N3O3. The third kappa shape index (κ3) is 6.34. The van der Waals surface area contributed by atoms with E-state index < -0.39 is 5.60 Å². The summed E-state index contributed by atoms with van der Waals surface area (Å²) < 4.78 is 11.1. The molecule has 24 heavy (non-hydrogen) atoms. The number of ether oxygens (including phenoxy) is 2. The third-order valence-corrected chi connectivity index (χ3v) is 3.95. The quantitative estimate of drug-likeness (QED) is 0.769. The highest BCUT2D eigenvalue weighted by Gasteiger charge is 2.27. The van der Waals surface area contributed by atoms with Crippen molar-refractivity contribution in [1.82, 2.24) is 15.1 Å². The summed E-state index contributed by atoms with van der Waals surface area (Å²) in [5.41, 5.74) is 0.444. The smallest absolute Gasteiger partial charge is 0.410 e. The minimum Gasteiger partial charge on any atom is -0.477 e. The fraction of sp³-hybridized carbons (Fsp3) is 0.722. The van der Waals surface area contributed by atoms with Crippen LogP contribution in [0.5, 0.6) is 5.88 Å². The second kappa shape index (κ2) is 8.31. The van der Waals surface area contributed by atoms with Crippen molar-refractivity contribution in [2.24, 2.45) is 5.92 Å². The van der Waals surface area contributed by atoms with Gasteiger partial charge in [0.15, 0.2) is 0 Å². The summed E-state index contributed by atoms with van der Waals surface area (Å²) in [5, 5.41) is 7.96. The molecule has 1 atom stereocenters. The summed E-state index contributed by atoms with van der Waals surface area (Å²) in [6.45, 7) is 9.80. The van der Waals surface area contributed by atoms with E-state index in [1.165, 1.54) is 0 Å². The third-order valence-electron chi connectivity index (χ3n) is 3.95. The molecule has 1 aliphatic heterocycles. The lowest BCUT2D eigenvalue weighted by Gasteiger charge is -2.34. The lowest BCUT2D eigenvalue weighted by molar-refractivity contribution is 0.0159. The Morgan fingerprint density at radius 3 is 2.79 bits per heavy atom. The Morgan fingerprint density at radius 1 is 1.33 bits per heavy atom. The second-order valence-corrected chi connectivity index (χ2v) is 7.44. The SMILES string of the molecule is Cc1ccc(OCCC[C@H]2CCCN(C(=O)OC(C)(C)C)C2)nn1. The molecule has 0 aliphatic carbocycles. The standard InChI is InChI=1S/C18H29N3O3/c1-14-9-10-16(20-19-14)23-12-6-8-15-7-5-11-21(13-15)17(22)24-18(2,3)4/h9-10,15H,5-8,11-13H2,1-4H3/t15-/m1/s1. The number of aryl methyl sites for hydroxylation is 1. The van der Waals surface area contributed by atoms with Crippen LogP contribution in [0.15, 0.2) is 12.1 Å². The van der Waals surface area contributed by atoms with Crippen molar-refractivity contribution in [2.75, 3.05) is 19.7 Å². The number of nitrogens with zero attached hydrogens (tertiary/aromatic N) is 3. The van der Waals surface area contributed by atoms with Gasteiger partial charge in [0.25, 0.3) is 0 Å². The van der Waals surface area contributed by atoms with Gasteiger partial charge in [0.1, 0.15) is 5.60 Å². The average Bonchev–Trinajstić information content (AvgIpc) is 2.52. The topological polar surface area (TPSA) is 64.5 Å². The maximum Gasteiger partial charge on any atom is 0.410 e. The van der Waals surface area contributed by atoms with Crippen LogP contribution in [0.2, 0.25) is 0 Å². The van der Waals surface area contributed by atoms with E-state index in [9.17, 15) is 4.79 Å². The molecule has 6 nitrogen and oxygen atoms in total. The lowest BCUT2D eigenvalue weighted by atomic mass is 9.94. The van der Waals surface area contributed by atoms with Crippen LogP contribution in [0.25, 0.3) is 0 Å². The number of rotatable bonds is 5. The summed E-state index contributed by atoms with van der Waals surface area (Å²) in [4.78, 5) is 14.0. The molecule has 134 valence electrons. The predicted octanol–water partition coefficient (Wildman–Crippen LogP) is 3.59. The van der Waals surface area contributed by atoms with Crippen molar-refractivity contribution in [1.29, 1.82) is 0 Å². The van der Waals surface area contributed by atoms with E-state index in [0.29, 0.717) is 18.4 Å². The number of hydrogen-bond donors (Lipinski definition) is 0. The van der Waals surface area contributed by atoms with Crippen LogP contribution in [-0.2, 0) is 4.74 Å². The molecule has 0 radical (unpaired) electrons. The van der Waals surface area contributed by atoms with Gasteiger partial charge >= 0.3 is 6.09 Å². The van der Waals surface area contributed by atoms with Gasteiger partial charge in [-0.15, -0.1) is 5.10 Å². The highest BCUT2D eigenvalue weighted by molar-refractivity contribution is 5.68. The van der Waals surface area contributed by atoms with Gasteiger partial charge in [-0.3, -0.25) is 0 Å². The molecule has 0 saturated carbocycles. The first kappa shape index (κ1) is 18.5. The van der Waals surface area contributed by atoms with Gasteiger partial charge < -0.3 is 14.4 Å². The van der Waals surface area contributed by atoms with Crippen molar-refractivity contribution >= 4 is 6.09 Å². The average molecular weight is 335 g/mol. The first-order valence-electron chi connectivity index (χ1n) is 8.74. The number of carbonyl (C=O) groups excluding carboxylic acids is 1. The fourth-order valence-electron chi connectivity index (χ4n) is 2.81. The Bertz CT molecular complexity index is 525. The Balaban J connectivity index is 1.69. The molecule has 1 aromatic rings. The van der Waals surface area contributed by atoms with E-state index in [4.69, 9.17) is 9.47 Å². The summed E-state index contributed by atoms with van der Waals surface area (Å²) in [5.74, 6) is 1.08. The van der Waals surface area contributed by atoms with Crippen LogP contribution in [0.3, 0.4) is 0 Å². The van der Waals surface area contributed by atoms with Gasteiger partial charge in [0.2, 0.25) is 5.88 Å². The monoisotopic (exact) mass is 335 g/mol. The zero-order chi connectivity index (χ0) is 17.6. The molecule has 0 N–H and O–H groups in total. The van der Waals surface area contributed by atoms with Crippen LogP contribution >= 0.6 is 0 Å². The zero-order valence-electron chi connectivity index (χ0n) is 15.2. The van der Waals surface area contributed by atoms with Crippen molar-refractivity contribution < 1.29 is 14.3 Å². The number of piperidine rings is 1. The van der Waals surface area contributed by atoms with Crippen LogP contribution in [0.1, 0.15) is 52.1 Å². The molecule has 1 fully saturated rings.